The normalized spacial score (nSPS) is 16.9. The van der Waals surface area contributed by atoms with Gasteiger partial charge in [0, 0.05) is 36.7 Å². The van der Waals surface area contributed by atoms with E-state index in [0.29, 0.717) is 17.5 Å². The summed E-state index contributed by atoms with van der Waals surface area (Å²) in [6.07, 6.45) is -4.30. The molecule has 3 aromatic carbocycles. The smallest absolute Gasteiger partial charge is 0.326 e. The lowest BCUT2D eigenvalue weighted by Crippen LogP contribution is -2.53. The van der Waals surface area contributed by atoms with Crippen LogP contribution in [0.3, 0.4) is 0 Å². The molecule has 4 amide bonds. The molecule has 5 rings (SSSR count). The number of hydrogen-bond donors (Lipinski definition) is 9. The largest absolute Gasteiger partial charge is 0.504 e. The molecule has 0 saturated heterocycles. The third-order valence-corrected chi connectivity index (χ3v) is 10.7. The molecule has 4 bridgehead atoms. The number of likely N-dealkylation sites (N-methyl/N-ethyl adjacent to an activating group) is 1. The van der Waals surface area contributed by atoms with Crippen molar-refractivity contribution in [2.45, 2.75) is 76.6 Å². The van der Waals surface area contributed by atoms with Crippen LogP contribution in [0.15, 0.2) is 54.6 Å². The first-order valence-corrected chi connectivity index (χ1v) is 20.9. The second kappa shape index (κ2) is 21.3. The van der Waals surface area contributed by atoms with Gasteiger partial charge in [0.1, 0.15) is 53.7 Å². The average Bonchev–Trinajstić information content (AvgIpc) is 3.27. The molecule has 21 heteroatoms. The van der Waals surface area contributed by atoms with Crippen LogP contribution in [0, 0.1) is 0 Å². The van der Waals surface area contributed by atoms with Crippen LogP contribution in [0.25, 0.3) is 22.5 Å². The number of rotatable bonds is 15. The summed E-state index contributed by atoms with van der Waals surface area (Å²) in [5.41, 5.74) is 17.3. The van der Waals surface area contributed by atoms with Crippen LogP contribution < -0.4 is 42.6 Å². The first-order chi connectivity index (χ1) is 31.1. The van der Waals surface area contributed by atoms with Crippen LogP contribution in [-0.4, -0.2) is 118 Å². The van der Waals surface area contributed by atoms with E-state index in [1.807, 2.05) is 20.8 Å². The predicted molar refractivity (Wildman–Crippen MR) is 238 cm³/mol. The van der Waals surface area contributed by atoms with Crippen molar-refractivity contribution in [3.8, 4) is 39.8 Å². The Hall–Kier alpha value is -6.97. The summed E-state index contributed by atoms with van der Waals surface area (Å²) in [6.45, 7) is 6.14. The fourth-order valence-electron chi connectivity index (χ4n) is 6.95. The minimum atomic E-state index is -3.29. The number of aliphatic hydroxyl groups excluding tert-OH is 1. The SMILES string of the molecule is C[C@@H]1NC(=O)[C@@H](N(C)C(=O)CNC(=O)c2c(N)nc(-c3ccc(C(C)(C)C)cc3)nc2C(F)F)c2cc(OC[C@H](O)CN)c(O)c(c2)-c2cc(ccc2OCCCN)C[C@@H](C(=O)O)NC1=O. The predicted octanol–water partition coefficient (Wildman–Crippen LogP) is 2.32. The molecule has 0 spiro atoms. The van der Waals surface area contributed by atoms with Crippen LogP contribution in [0.1, 0.15) is 79.3 Å². The fourth-order valence-corrected chi connectivity index (χ4v) is 6.95. The number of alkyl halides is 2. The Balaban J connectivity index is 1.57. The molecule has 0 aliphatic carbocycles. The Morgan fingerprint density at radius 2 is 1.67 bits per heavy atom. The van der Waals surface area contributed by atoms with Gasteiger partial charge in [-0.3, -0.25) is 19.2 Å². The second-order valence-electron chi connectivity index (χ2n) is 16.7. The summed E-state index contributed by atoms with van der Waals surface area (Å²) >= 11 is 0. The minimum Gasteiger partial charge on any atom is -0.504 e. The zero-order valence-electron chi connectivity index (χ0n) is 37.1. The lowest BCUT2D eigenvalue weighted by atomic mass is 9.86. The Labute approximate surface area is 379 Å². The van der Waals surface area contributed by atoms with Crippen LogP contribution in [0.2, 0.25) is 0 Å². The van der Waals surface area contributed by atoms with Crippen molar-refractivity contribution >= 4 is 35.4 Å². The lowest BCUT2D eigenvalue weighted by Gasteiger charge is -2.30. The summed E-state index contributed by atoms with van der Waals surface area (Å²) in [5.74, 6) is -6.81. The number of halogens is 2. The molecule has 4 atom stereocenters. The molecule has 1 aliphatic rings. The minimum absolute atomic E-state index is 0.0223. The van der Waals surface area contributed by atoms with Gasteiger partial charge in [-0.15, -0.1) is 0 Å². The molecule has 0 fully saturated rings. The number of nitrogens with two attached hydrogens (primary N) is 3. The quantitative estimate of drug-likeness (QED) is 0.0773. The molecule has 66 heavy (non-hydrogen) atoms. The van der Waals surface area contributed by atoms with Gasteiger partial charge >= 0.3 is 5.97 Å². The number of nitrogens with zero attached hydrogens (tertiary/aromatic N) is 3. The van der Waals surface area contributed by atoms with Crippen molar-refractivity contribution in [2.75, 3.05) is 45.6 Å². The van der Waals surface area contributed by atoms with Gasteiger partial charge < -0.3 is 62.8 Å². The Bertz CT molecular complexity index is 2450. The lowest BCUT2D eigenvalue weighted by molar-refractivity contribution is -0.142. The zero-order valence-corrected chi connectivity index (χ0v) is 37.1. The summed E-state index contributed by atoms with van der Waals surface area (Å²) in [5, 5.41) is 39.3. The van der Waals surface area contributed by atoms with Gasteiger partial charge in [0.15, 0.2) is 17.3 Å². The van der Waals surface area contributed by atoms with Gasteiger partial charge in [0.2, 0.25) is 17.7 Å². The van der Waals surface area contributed by atoms with E-state index in [-0.39, 0.29) is 65.5 Å². The molecule has 0 radical (unpaired) electrons. The van der Waals surface area contributed by atoms with E-state index in [1.165, 1.54) is 38.2 Å². The molecule has 354 valence electrons. The number of aromatic hydroxyl groups is 1. The number of aliphatic carboxylic acids is 1. The number of amides is 4. The monoisotopic (exact) mass is 919 g/mol. The molecule has 0 saturated carbocycles. The Morgan fingerprint density at radius 1 is 0.970 bits per heavy atom. The van der Waals surface area contributed by atoms with Gasteiger partial charge in [-0.25, -0.2) is 23.5 Å². The number of anilines is 1. The highest BCUT2D eigenvalue weighted by Crippen LogP contribution is 2.45. The topological polar surface area (TPSA) is 308 Å². The number of fused-ring (bicyclic) bond motifs is 5. The third kappa shape index (κ3) is 11.8. The standard InChI is InChI=1S/C45H55F2N9O10/c1-22-41(60)53-30(44(63)64)16-23-7-12-31(65-14-6-13-48)28(15-23)29-17-25(18-32(37(29)59)66-21-27(57)19-49)36(43(62)52-22)56(5)33(58)20-51-42(61)34-35(38(46)47)54-40(55-39(34)50)24-8-10-26(11-9-24)45(2,3)4/h7-12,15,17-18,22,27,30,36,38,57,59H,6,13-14,16,19-21,48-49H2,1-5H3,(H,51,61)(H,52,62)(H,53,60)(H,63,64)(H2,50,54,55)/t22-,27+,30-,36-/m0/s1. The van der Waals surface area contributed by atoms with Gasteiger partial charge in [0.25, 0.3) is 12.3 Å². The van der Waals surface area contributed by atoms with E-state index in [9.17, 15) is 48.1 Å². The number of carboxylic acid groups (broad SMARTS) is 1. The van der Waals surface area contributed by atoms with Crippen molar-refractivity contribution in [3.05, 3.63) is 82.5 Å². The number of aliphatic hydroxyl groups is 1. The summed E-state index contributed by atoms with van der Waals surface area (Å²) in [7, 11) is 1.18. The van der Waals surface area contributed by atoms with Crippen LogP contribution in [-0.2, 0) is 31.0 Å². The number of ether oxygens (including phenoxy) is 2. The first kappa shape index (κ1) is 50.0. The maximum absolute atomic E-state index is 14.5. The maximum atomic E-state index is 14.5. The molecule has 2 heterocycles. The number of nitrogen functional groups attached to an aromatic ring is 1. The van der Waals surface area contributed by atoms with Gasteiger partial charge in [-0.05, 0) is 66.3 Å². The van der Waals surface area contributed by atoms with Gasteiger partial charge in [-0.2, -0.15) is 0 Å². The molecule has 19 nitrogen and oxygen atoms in total. The molecule has 1 aliphatic heterocycles. The van der Waals surface area contributed by atoms with E-state index in [1.54, 1.807) is 30.3 Å². The summed E-state index contributed by atoms with van der Waals surface area (Å²) in [4.78, 5) is 76.8. The highest BCUT2D eigenvalue weighted by atomic mass is 19.3. The van der Waals surface area contributed by atoms with Crippen molar-refractivity contribution in [3.63, 3.8) is 0 Å². The fraction of sp³-hybridized carbons (Fsp3) is 0.400. The van der Waals surface area contributed by atoms with E-state index in [4.69, 9.17) is 26.7 Å². The second-order valence-corrected chi connectivity index (χ2v) is 16.7. The third-order valence-electron chi connectivity index (χ3n) is 10.7. The molecule has 4 aromatic rings. The van der Waals surface area contributed by atoms with Crippen LogP contribution in [0.5, 0.6) is 17.2 Å². The van der Waals surface area contributed by atoms with E-state index < -0.39 is 96.2 Å². The van der Waals surface area contributed by atoms with Crippen molar-refractivity contribution < 1.29 is 57.5 Å². The molecule has 0 unspecified atom stereocenters. The summed E-state index contributed by atoms with van der Waals surface area (Å²) < 4.78 is 40.9. The van der Waals surface area contributed by atoms with E-state index in [0.717, 1.165) is 10.5 Å². The number of benzene rings is 3. The van der Waals surface area contributed by atoms with Crippen LogP contribution in [0.4, 0.5) is 14.6 Å². The molecule has 1 aromatic heterocycles. The van der Waals surface area contributed by atoms with Crippen molar-refractivity contribution in [1.29, 1.82) is 0 Å². The molecular formula is C45H55F2N9O10. The van der Waals surface area contributed by atoms with E-state index in [2.05, 4.69) is 25.9 Å². The molecular weight excluding hydrogens is 865 g/mol. The molecule has 12 N–H and O–H groups in total. The number of aromatic nitrogens is 2. The number of carboxylic acids is 1. The number of phenolic OH excluding ortho intramolecular Hbond substituents is 1. The number of nitrogens with one attached hydrogen (secondary N) is 3. The summed E-state index contributed by atoms with van der Waals surface area (Å²) in [6, 6.07) is 9.48. The maximum Gasteiger partial charge on any atom is 0.326 e. The number of hydrogen-bond acceptors (Lipinski definition) is 14. The Kier molecular flexibility index (Phi) is 16.2. The Morgan fingerprint density at radius 3 is 2.29 bits per heavy atom. The zero-order chi connectivity index (χ0) is 48.6. The van der Waals surface area contributed by atoms with Gasteiger partial charge in [-0.1, -0.05) is 51.1 Å². The average molecular weight is 920 g/mol. The van der Waals surface area contributed by atoms with Crippen molar-refractivity contribution in [1.82, 2.24) is 30.8 Å². The van der Waals surface area contributed by atoms with E-state index >= 15 is 0 Å². The highest BCUT2D eigenvalue weighted by Gasteiger charge is 2.35. The first-order valence-electron chi connectivity index (χ1n) is 20.9. The highest BCUT2D eigenvalue weighted by molar-refractivity contribution is 6.02. The van der Waals surface area contributed by atoms with Gasteiger partial charge in [0.05, 0.1) is 13.2 Å². The number of phenols is 1. The van der Waals surface area contributed by atoms with Crippen LogP contribution >= 0.6 is 0 Å². The van der Waals surface area contributed by atoms with Crippen molar-refractivity contribution in [2.24, 2.45) is 11.5 Å². The number of carbonyl (C=O) groups is 5. The number of carbonyl (C=O) groups excluding carboxylic acids is 4.